The van der Waals surface area contributed by atoms with Crippen molar-refractivity contribution in [2.24, 2.45) is 5.92 Å². The van der Waals surface area contributed by atoms with Gasteiger partial charge in [0.05, 0.1) is 50.8 Å². The molecular weight excluding hydrogens is 796 g/mol. The van der Waals surface area contributed by atoms with Crippen LogP contribution in [0, 0.1) is 5.92 Å². The summed E-state index contributed by atoms with van der Waals surface area (Å²) in [4.78, 5) is 0. The van der Waals surface area contributed by atoms with Gasteiger partial charge in [0.25, 0.3) is 8.32 Å². The molecule has 3 aromatic carbocycles. The van der Waals surface area contributed by atoms with Crippen LogP contribution >= 0.6 is 22.6 Å². The highest BCUT2D eigenvalue weighted by molar-refractivity contribution is 14.1. The number of hydrogen-bond acceptors (Lipinski definition) is 6. The van der Waals surface area contributed by atoms with Crippen molar-refractivity contribution in [3.63, 3.8) is 0 Å². The first-order chi connectivity index (χ1) is 24.9. The molecule has 0 spiro atoms. The smallest absolute Gasteiger partial charge is 0.332 e. The first-order valence-corrected chi connectivity index (χ1v) is 25.4. The molecule has 1 saturated heterocycles. The number of benzene rings is 3. The molecule has 5 rings (SSSR count). The highest BCUT2D eigenvalue weighted by Crippen LogP contribution is 2.38. The van der Waals surface area contributed by atoms with Crippen molar-refractivity contribution in [2.75, 3.05) is 18.1 Å². The van der Waals surface area contributed by atoms with Crippen LogP contribution in [0.5, 0.6) is 5.75 Å². The zero-order valence-corrected chi connectivity index (χ0v) is 36.6. The van der Waals surface area contributed by atoms with Gasteiger partial charge in [-0.3, -0.25) is 0 Å². The lowest BCUT2D eigenvalue weighted by Crippen LogP contribution is -2.67. The van der Waals surface area contributed by atoms with Gasteiger partial charge in [0.2, 0.25) is 0 Å². The van der Waals surface area contributed by atoms with E-state index in [1.807, 2.05) is 12.1 Å². The minimum atomic E-state index is -2.70. The molecule has 284 valence electrons. The molecule has 0 aromatic heterocycles. The van der Waals surface area contributed by atoms with Crippen LogP contribution in [0.1, 0.15) is 71.8 Å². The highest BCUT2D eigenvalue weighted by atomic mass is 127. The van der Waals surface area contributed by atoms with Crippen molar-refractivity contribution in [1.29, 1.82) is 0 Å². The van der Waals surface area contributed by atoms with E-state index in [0.717, 1.165) is 47.8 Å². The van der Waals surface area contributed by atoms with Crippen molar-refractivity contribution in [3.8, 4) is 5.75 Å². The van der Waals surface area contributed by atoms with Crippen LogP contribution in [0.25, 0.3) is 0 Å². The van der Waals surface area contributed by atoms with Crippen LogP contribution in [0.2, 0.25) is 18.1 Å². The molecule has 0 bridgehead atoms. The van der Waals surface area contributed by atoms with Gasteiger partial charge >= 0.3 is 8.56 Å². The van der Waals surface area contributed by atoms with E-state index < -0.39 is 16.9 Å². The van der Waals surface area contributed by atoms with E-state index >= 15 is 0 Å². The van der Waals surface area contributed by atoms with Gasteiger partial charge in [-0.05, 0) is 84.7 Å². The summed E-state index contributed by atoms with van der Waals surface area (Å²) in [6.45, 7) is 14.7. The Morgan fingerprint density at radius 2 is 1.50 bits per heavy atom. The average Bonchev–Trinajstić information content (AvgIpc) is 3.14. The maximum absolute atomic E-state index is 7.35. The minimum Gasteiger partial charge on any atom is -0.497 e. The standard InChI is InChI=1S/C43H61IO6Si2/c1-33-21-24-36(27-28-37(29-38-15-14-16-39(30-44)48-38)46-31-34-22-25-35(45-5)26-23-34)49-51(6,7)50-42(33)32-47-52(43(2,3)4,40-17-10-8-11-18-40)41-19-12-9-13-20-41/h8-13,17-26,33,36-39,42H,14-16,27-32H2,1-7H3/b24-21-/t33-,36-,37+,38+,39-,42+/m1/s1. The normalized spacial score (nSPS) is 25.1. The third kappa shape index (κ3) is 11.1. The Morgan fingerprint density at radius 3 is 2.10 bits per heavy atom. The first-order valence-electron chi connectivity index (χ1n) is 19.2. The maximum Gasteiger partial charge on any atom is 0.332 e. The Hall–Kier alpha value is -1.84. The van der Waals surface area contributed by atoms with E-state index in [1.165, 1.54) is 16.8 Å². The second-order valence-corrected chi connectivity index (χ2v) is 24.4. The van der Waals surface area contributed by atoms with Gasteiger partial charge < -0.3 is 27.5 Å². The molecule has 0 saturated carbocycles. The Balaban J connectivity index is 1.29. The zero-order chi connectivity index (χ0) is 37.2. The van der Waals surface area contributed by atoms with Crippen LogP contribution in [-0.4, -0.2) is 65.5 Å². The summed E-state index contributed by atoms with van der Waals surface area (Å²) in [5.41, 5.74) is 1.14. The molecule has 0 amide bonds. The van der Waals surface area contributed by atoms with Crippen molar-refractivity contribution in [1.82, 2.24) is 0 Å². The van der Waals surface area contributed by atoms with Gasteiger partial charge in [-0.2, -0.15) is 0 Å². The molecule has 3 aromatic rings. The van der Waals surface area contributed by atoms with E-state index in [1.54, 1.807) is 7.11 Å². The molecule has 0 N–H and O–H groups in total. The van der Waals surface area contributed by atoms with Gasteiger partial charge in [-0.15, -0.1) is 0 Å². The monoisotopic (exact) mass is 856 g/mol. The predicted molar refractivity (Wildman–Crippen MR) is 226 cm³/mol. The van der Waals surface area contributed by atoms with Gasteiger partial charge in [-0.1, -0.05) is 135 Å². The Morgan fingerprint density at radius 1 is 0.865 bits per heavy atom. The number of halogens is 1. The number of rotatable bonds is 15. The number of methoxy groups -OCH3 is 1. The molecule has 6 atom stereocenters. The lowest BCUT2D eigenvalue weighted by atomic mass is 9.97. The topological polar surface area (TPSA) is 55.4 Å². The van der Waals surface area contributed by atoms with E-state index in [2.05, 4.69) is 148 Å². The van der Waals surface area contributed by atoms with Crippen LogP contribution in [0.3, 0.4) is 0 Å². The molecule has 2 aliphatic rings. The molecule has 0 unspecified atom stereocenters. The lowest BCUT2D eigenvalue weighted by Gasteiger charge is -2.45. The fraction of sp³-hybridized carbons (Fsp3) is 0.535. The van der Waals surface area contributed by atoms with Gasteiger partial charge in [0, 0.05) is 10.3 Å². The van der Waals surface area contributed by atoms with Crippen LogP contribution in [-0.2, 0) is 29.4 Å². The average molecular weight is 857 g/mol. The third-order valence-corrected chi connectivity index (χ3v) is 18.2. The summed E-state index contributed by atoms with van der Waals surface area (Å²) in [6.07, 6.45) is 11.2. The highest BCUT2D eigenvalue weighted by Gasteiger charge is 2.51. The van der Waals surface area contributed by atoms with E-state index in [4.69, 9.17) is 27.5 Å². The van der Waals surface area contributed by atoms with E-state index in [-0.39, 0.29) is 35.4 Å². The van der Waals surface area contributed by atoms with Crippen molar-refractivity contribution < 1.29 is 27.5 Å². The van der Waals surface area contributed by atoms with Crippen LogP contribution < -0.4 is 15.1 Å². The van der Waals surface area contributed by atoms with Crippen molar-refractivity contribution in [2.45, 2.75) is 121 Å². The van der Waals surface area contributed by atoms with E-state index in [0.29, 0.717) is 19.3 Å². The van der Waals surface area contributed by atoms with Gasteiger partial charge in [0.15, 0.2) is 0 Å². The van der Waals surface area contributed by atoms with E-state index in [9.17, 15) is 0 Å². The molecule has 9 heteroatoms. The number of hydrogen-bond donors (Lipinski definition) is 0. The summed E-state index contributed by atoms with van der Waals surface area (Å²) in [7, 11) is -3.55. The SMILES string of the molecule is COc1ccc(CO[C@@H](CC[C@H]2/C=C\[C@@H](C)[C@H](CO[Si](c3ccccc3)(c3ccccc3)C(C)(C)C)O[Si](C)(C)O2)C[C@@H]2CCC[C@H](CI)O2)cc1. The summed E-state index contributed by atoms with van der Waals surface area (Å²) in [6, 6.07) is 29.9. The first kappa shape index (κ1) is 41.3. The minimum absolute atomic E-state index is 0.0379. The molecule has 1 fully saturated rings. The van der Waals surface area contributed by atoms with Crippen LogP contribution in [0.4, 0.5) is 0 Å². The molecule has 0 aliphatic carbocycles. The molecule has 2 heterocycles. The number of alkyl halides is 1. The number of ether oxygens (including phenoxy) is 3. The summed E-state index contributed by atoms with van der Waals surface area (Å²) in [5.74, 6) is 1.02. The third-order valence-electron chi connectivity index (χ3n) is 10.5. The van der Waals surface area contributed by atoms with Crippen molar-refractivity contribution in [3.05, 3.63) is 103 Å². The van der Waals surface area contributed by atoms with Gasteiger partial charge in [0.1, 0.15) is 5.75 Å². The Labute approximate surface area is 329 Å². The molecule has 52 heavy (non-hydrogen) atoms. The second-order valence-electron chi connectivity index (χ2n) is 16.0. The lowest BCUT2D eigenvalue weighted by molar-refractivity contribution is -0.0747. The fourth-order valence-electron chi connectivity index (χ4n) is 7.75. The summed E-state index contributed by atoms with van der Waals surface area (Å²) < 4.78 is 40.7. The summed E-state index contributed by atoms with van der Waals surface area (Å²) >= 11 is 2.45. The van der Waals surface area contributed by atoms with Gasteiger partial charge in [-0.25, -0.2) is 0 Å². The molecule has 2 aliphatic heterocycles. The fourth-order valence-corrected chi connectivity index (χ4v) is 15.0. The molecule has 0 radical (unpaired) electrons. The van der Waals surface area contributed by atoms with Crippen molar-refractivity contribution >= 4 is 49.8 Å². The zero-order valence-electron chi connectivity index (χ0n) is 32.4. The quantitative estimate of drug-likeness (QED) is 0.0658. The predicted octanol–water partition coefficient (Wildman–Crippen LogP) is 9.38. The molecular formula is C43H61IO6Si2. The Bertz CT molecular complexity index is 1470. The Kier molecular flexibility index (Phi) is 15.2. The maximum atomic E-state index is 7.35. The second kappa shape index (κ2) is 19.2. The summed E-state index contributed by atoms with van der Waals surface area (Å²) in [5, 5.41) is 2.46. The largest absolute Gasteiger partial charge is 0.497 e. The molecule has 6 nitrogen and oxygen atoms in total. The van der Waals surface area contributed by atoms with Crippen LogP contribution in [0.15, 0.2) is 97.1 Å².